The molecular weight excluding hydrogens is 271 g/mol. The fraction of sp³-hybridized carbons (Fsp3) is 0.438. The molecule has 0 spiro atoms. The third-order valence-corrected chi connectivity index (χ3v) is 3.74. The highest BCUT2D eigenvalue weighted by molar-refractivity contribution is 5.32. The molecule has 0 aliphatic rings. The largest absolute Gasteiger partial charge is 0.494 e. The number of rotatable bonds is 5. The van der Waals surface area contributed by atoms with Crippen LogP contribution in [0.15, 0.2) is 18.2 Å². The quantitative estimate of drug-likeness (QED) is 0.921. The molecule has 5 heteroatoms. The van der Waals surface area contributed by atoms with Crippen LogP contribution < -0.4 is 4.74 Å². The molecule has 2 rings (SSSR count). The van der Waals surface area contributed by atoms with Gasteiger partial charge in [0.1, 0.15) is 0 Å². The molecule has 0 radical (unpaired) electrons. The summed E-state index contributed by atoms with van der Waals surface area (Å²) in [7, 11) is 1.45. The van der Waals surface area contributed by atoms with E-state index in [9.17, 15) is 9.50 Å². The number of aryl methyl sites for hydroxylation is 1. The summed E-state index contributed by atoms with van der Waals surface area (Å²) in [6.45, 7) is 5.99. The van der Waals surface area contributed by atoms with Crippen LogP contribution in [0.5, 0.6) is 5.75 Å². The monoisotopic (exact) mass is 292 g/mol. The molecule has 1 heterocycles. The Morgan fingerprint density at radius 2 is 2.10 bits per heavy atom. The van der Waals surface area contributed by atoms with Crippen molar-refractivity contribution >= 4 is 0 Å². The van der Waals surface area contributed by atoms with Crippen LogP contribution in [0.4, 0.5) is 4.39 Å². The number of nitrogens with zero attached hydrogens (tertiary/aromatic N) is 2. The van der Waals surface area contributed by atoms with Crippen LogP contribution in [0.3, 0.4) is 0 Å². The Morgan fingerprint density at radius 3 is 2.71 bits per heavy atom. The summed E-state index contributed by atoms with van der Waals surface area (Å²) in [5, 5.41) is 14.5. The third-order valence-electron chi connectivity index (χ3n) is 3.74. The van der Waals surface area contributed by atoms with Crippen molar-refractivity contribution in [3.05, 3.63) is 46.5 Å². The van der Waals surface area contributed by atoms with Gasteiger partial charge in [-0.3, -0.25) is 4.68 Å². The molecule has 0 amide bonds. The van der Waals surface area contributed by atoms with Crippen LogP contribution in [-0.2, 0) is 6.54 Å². The Bertz CT molecular complexity index is 637. The molecule has 0 saturated heterocycles. The molecular formula is C16H21FN2O2. The van der Waals surface area contributed by atoms with Gasteiger partial charge in [-0.25, -0.2) is 4.39 Å². The van der Waals surface area contributed by atoms with E-state index < -0.39 is 6.10 Å². The zero-order chi connectivity index (χ0) is 15.6. The van der Waals surface area contributed by atoms with Gasteiger partial charge < -0.3 is 9.84 Å². The first-order valence-electron chi connectivity index (χ1n) is 7.02. The number of ether oxygens (including phenoxy) is 1. The van der Waals surface area contributed by atoms with Crippen molar-refractivity contribution in [3.63, 3.8) is 0 Å². The third kappa shape index (κ3) is 2.93. The predicted molar refractivity (Wildman–Crippen MR) is 79.0 cm³/mol. The van der Waals surface area contributed by atoms with E-state index in [0.29, 0.717) is 18.5 Å². The number of halogens is 1. The van der Waals surface area contributed by atoms with Gasteiger partial charge in [-0.2, -0.15) is 5.10 Å². The number of aliphatic hydroxyl groups excluding tert-OH is 1. The molecule has 21 heavy (non-hydrogen) atoms. The maximum Gasteiger partial charge on any atom is 0.170 e. The number of aromatic nitrogens is 2. The highest BCUT2D eigenvalue weighted by Crippen LogP contribution is 2.26. The zero-order valence-corrected chi connectivity index (χ0v) is 12.9. The van der Waals surface area contributed by atoms with Crippen LogP contribution in [0.25, 0.3) is 0 Å². The molecule has 2 aromatic rings. The van der Waals surface area contributed by atoms with E-state index in [1.54, 1.807) is 22.9 Å². The van der Waals surface area contributed by atoms with Gasteiger partial charge in [0.15, 0.2) is 11.6 Å². The smallest absolute Gasteiger partial charge is 0.170 e. The van der Waals surface area contributed by atoms with E-state index in [1.807, 2.05) is 20.8 Å². The first-order valence-corrected chi connectivity index (χ1v) is 7.02. The van der Waals surface area contributed by atoms with Crippen molar-refractivity contribution in [1.82, 2.24) is 9.78 Å². The molecule has 0 bridgehead atoms. The van der Waals surface area contributed by atoms with Crippen LogP contribution in [0.1, 0.15) is 42.0 Å². The Balaban J connectivity index is 2.37. The fourth-order valence-electron chi connectivity index (χ4n) is 2.55. The number of methoxy groups -OCH3 is 1. The highest BCUT2D eigenvalue weighted by Gasteiger charge is 2.19. The topological polar surface area (TPSA) is 47.3 Å². The van der Waals surface area contributed by atoms with Gasteiger partial charge in [0.25, 0.3) is 0 Å². The lowest BCUT2D eigenvalue weighted by atomic mass is 10.1. The molecule has 114 valence electrons. The number of hydrogen-bond donors (Lipinski definition) is 1. The van der Waals surface area contributed by atoms with Crippen molar-refractivity contribution in [2.24, 2.45) is 0 Å². The average Bonchev–Trinajstić information content (AvgIpc) is 2.75. The molecule has 1 N–H and O–H groups in total. The minimum Gasteiger partial charge on any atom is -0.494 e. The molecule has 4 nitrogen and oxygen atoms in total. The van der Waals surface area contributed by atoms with Gasteiger partial charge in [-0.05, 0) is 26.3 Å². The summed E-state index contributed by atoms with van der Waals surface area (Å²) in [6, 6.07) is 5.06. The Kier molecular flexibility index (Phi) is 4.63. The summed E-state index contributed by atoms with van der Waals surface area (Å²) in [4.78, 5) is 0. The standard InChI is InChI=1S/C16H21FN2O2/c1-5-13(20)15-10(2)18-19(11(15)3)9-12-7-6-8-14(21-4)16(12)17/h6-8,13,20H,5,9H2,1-4H3. The zero-order valence-electron chi connectivity index (χ0n) is 12.9. The van der Waals surface area contributed by atoms with Gasteiger partial charge in [0.05, 0.1) is 25.5 Å². The maximum atomic E-state index is 14.2. The van der Waals surface area contributed by atoms with Crippen LogP contribution >= 0.6 is 0 Å². The summed E-state index contributed by atoms with van der Waals surface area (Å²) in [5.74, 6) is -0.145. The normalized spacial score (nSPS) is 12.5. The van der Waals surface area contributed by atoms with E-state index in [4.69, 9.17) is 4.74 Å². The van der Waals surface area contributed by atoms with Gasteiger partial charge >= 0.3 is 0 Å². The summed E-state index contributed by atoms with van der Waals surface area (Å²) in [6.07, 6.45) is 0.0925. The van der Waals surface area contributed by atoms with Crippen molar-refractivity contribution in [2.75, 3.05) is 7.11 Å². The SMILES string of the molecule is CCC(O)c1c(C)nn(Cc2cccc(OC)c2F)c1C. The molecule has 0 saturated carbocycles. The molecule has 1 aromatic carbocycles. The second-order valence-electron chi connectivity index (χ2n) is 5.10. The minimum absolute atomic E-state index is 0.225. The summed E-state index contributed by atoms with van der Waals surface area (Å²) >= 11 is 0. The van der Waals surface area contributed by atoms with E-state index in [-0.39, 0.29) is 11.6 Å². The Hall–Kier alpha value is -1.88. The average molecular weight is 292 g/mol. The van der Waals surface area contributed by atoms with E-state index >= 15 is 0 Å². The molecule has 0 fully saturated rings. The van der Waals surface area contributed by atoms with E-state index in [2.05, 4.69) is 5.10 Å². The molecule has 0 aliphatic heterocycles. The lowest BCUT2D eigenvalue weighted by Crippen LogP contribution is -2.07. The highest BCUT2D eigenvalue weighted by atomic mass is 19.1. The first kappa shape index (κ1) is 15.5. The fourth-order valence-corrected chi connectivity index (χ4v) is 2.55. The lowest BCUT2D eigenvalue weighted by Gasteiger charge is -2.11. The van der Waals surface area contributed by atoms with Gasteiger partial charge in [-0.1, -0.05) is 19.1 Å². The van der Waals surface area contributed by atoms with E-state index in [1.165, 1.54) is 7.11 Å². The lowest BCUT2D eigenvalue weighted by molar-refractivity contribution is 0.172. The van der Waals surface area contributed by atoms with Crippen LogP contribution in [0, 0.1) is 19.7 Å². The van der Waals surface area contributed by atoms with Gasteiger partial charge in [0.2, 0.25) is 0 Å². The predicted octanol–water partition coefficient (Wildman–Crippen LogP) is 3.14. The summed E-state index contributed by atoms with van der Waals surface area (Å²) < 4.78 is 20.9. The number of benzene rings is 1. The second kappa shape index (κ2) is 6.26. The summed E-state index contributed by atoms with van der Waals surface area (Å²) in [5.41, 5.74) is 2.99. The second-order valence-corrected chi connectivity index (χ2v) is 5.10. The van der Waals surface area contributed by atoms with Crippen LogP contribution in [-0.4, -0.2) is 22.0 Å². The maximum absolute atomic E-state index is 14.2. The molecule has 0 aliphatic carbocycles. The minimum atomic E-state index is -0.533. The molecule has 1 unspecified atom stereocenters. The van der Waals surface area contributed by atoms with Crippen molar-refractivity contribution in [2.45, 2.75) is 39.8 Å². The van der Waals surface area contributed by atoms with E-state index in [0.717, 1.165) is 17.0 Å². The Morgan fingerprint density at radius 1 is 1.38 bits per heavy atom. The van der Waals surface area contributed by atoms with Gasteiger partial charge in [0, 0.05) is 16.8 Å². The number of aliphatic hydroxyl groups is 1. The first-order chi connectivity index (χ1) is 9.99. The van der Waals surface area contributed by atoms with Crippen molar-refractivity contribution in [3.8, 4) is 5.75 Å². The van der Waals surface area contributed by atoms with Gasteiger partial charge in [-0.15, -0.1) is 0 Å². The number of hydrogen-bond acceptors (Lipinski definition) is 3. The molecule has 1 aromatic heterocycles. The van der Waals surface area contributed by atoms with Crippen molar-refractivity contribution in [1.29, 1.82) is 0 Å². The van der Waals surface area contributed by atoms with Crippen molar-refractivity contribution < 1.29 is 14.2 Å². The molecule has 1 atom stereocenters. The van der Waals surface area contributed by atoms with Crippen LogP contribution in [0.2, 0.25) is 0 Å². The Labute approximate surface area is 124 Å².